The van der Waals surface area contributed by atoms with Gasteiger partial charge in [-0.3, -0.25) is 24.6 Å². The van der Waals surface area contributed by atoms with Gasteiger partial charge in [-0.25, -0.2) is 4.79 Å². The summed E-state index contributed by atoms with van der Waals surface area (Å²) in [5.74, 6) is -0.753. The van der Waals surface area contributed by atoms with E-state index < -0.39 is 22.0 Å². The lowest BCUT2D eigenvalue weighted by atomic mass is 10.0. The molecule has 0 aromatic heterocycles. The molecule has 1 aliphatic rings. The number of hydrogen-bond donors (Lipinski definition) is 0. The number of nitro groups is 1. The van der Waals surface area contributed by atoms with Gasteiger partial charge in [0, 0.05) is 11.6 Å². The number of nitro benzene ring substituents is 1. The smallest absolute Gasteiger partial charge is 0.344 e. The summed E-state index contributed by atoms with van der Waals surface area (Å²) >= 11 is 4.17. The number of amides is 2. The highest BCUT2D eigenvalue weighted by Crippen LogP contribution is 2.36. The molecular weight excluding hydrogens is 572 g/mol. The van der Waals surface area contributed by atoms with Crippen LogP contribution < -0.4 is 4.74 Å². The van der Waals surface area contributed by atoms with Crippen LogP contribution in [0.25, 0.3) is 16.8 Å². The minimum Gasteiger partial charge on any atom is -0.422 e. The summed E-state index contributed by atoms with van der Waals surface area (Å²) in [5, 5.41) is 12.5. The summed E-state index contributed by atoms with van der Waals surface area (Å²) in [5.41, 5.74) is 1.14. The fourth-order valence-corrected chi connectivity index (χ4v) is 5.34. The number of nitrogens with zero attached hydrogens (tertiary/aromatic N) is 2. The third-order valence-electron chi connectivity index (χ3n) is 5.86. The molecule has 188 valence electrons. The van der Waals surface area contributed by atoms with Gasteiger partial charge in [-0.2, -0.15) is 0 Å². The molecule has 0 atom stereocenters. The molecule has 2 amide bonds. The third-order valence-corrected chi connectivity index (χ3v) is 7.38. The summed E-state index contributed by atoms with van der Waals surface area (Å²) in [6, 6.07) is 23.8. The van der Waals surface area contributed by atoms with Crippen molar-refractivity contribution < 1.29 is 24.0 Å². The summed E-state index contributed by atoms with van der Waals surface area (Å²) < 4.78 is 6.11. The average molecular weight is 589 g/mol. The van der Waals surface area contributed by atoms with Gasteiger partial charge in [-0.1, -0.05) is 60.7 Å². The van der Waals surface area contributed by atoms with Gasteiger partial charge in [-0.05, 0) is 68.3 Å². The lowest BCUT2D eigenvalue weighted by Gasteiger charge is -2.12. The lowest BCUT2D eigenvalue weighted by molar-refractivity contribution is -0.385. The van der Waals surface area contributed by atoms with Crippen molar-refractivity contribution in [2.45, 2.75) is 6.54 Å². The van der Waals surface area contributed by atoms with E-state index >= 15 is 0 Å². The molecule has 4 aromatic carbocycles. The van der Waals surface area contributed by atoms with Crippen molar-refractivity contribution in [2.24, 2.45) is 0 Å². The number of para-hydroxylation sites is 1. The molecular formula is C28H17BrN2O6S. The van der Waals surface area contributed by atoms with Crippen LogP contribution in [-0.4, -0.2) is 26.9 Å². The largest absolute Gasteiger partial charge is 0.422 e. The quantitative estimate of drug-likeness (QED) is 0.0786. The Morgan fingerprint density at radius 2 is 1.74 bits per heavy atom. The Balaban J connectivity index is 1.33. The number of halogens is 1. The number of benzene rings is 4. The molecule has 4 aromatic rings. The molecule has 38 heavy (non-hydrogen) atoms. The van der Waals surface area contributed by atoms with E-state index in [1.54, 1.807) is 42.5 Å². The van der Waals surface area contributed by atoms with Crippen LogP contribution in [0.15, 0.2) is 94.3 Å². The van der Waals surface area contributed by atoms with Crippen molar-refractivity contribution in [3.8, 4) is 5.75 Å². The molecule has 0 spiro atoms. The molecule has 0 bridgehead atoms. The second-order valence-electron chi connectivity index (χ2n) is 8.26. The van der Waals surface area contributed by atoms with E-state index in [0.717, 1.165) is 27.4 Å². The maximum Gasteiger partial charge on any atom is 0.344 e. The van der Waals surface area contributed by atoms with Crippen molar-refractivity contribution in [1.29, 1.82) is 0 Å². The Labute approximate surface area is 229 Å². The molecule has 8 nitrogen and oxygen atoms in total. The molecule has 0 N–H and O–H groups in total. The first-order valence-corrected chi connectivity index (χ1v) is 12.9. The number of thioether (sulfide) groups is 1. The van der Waals surface area contributed by atoms with E-state index in [2.05, 4.69) is 15.9 Å². The average Bonchev–Trinajstić information content (AvgIpc) is 3.17. The van der Waals surface area contributed by atoms with Crippen molar-refractivity contribution in [3.05, 3.63) is 121 Å². The fourth-order valence-electron chi connectivity index (χ4n) is 4.03. The van der Waals surface area contributed by atoms with Gasteiger partial charge >= 0.3 is 5.97 Å². The second-order valence-corrected chi connectivity index (χ2v) is 10.1. The van der Waals surface area contributed by atoms with E-state index in [0.29, 0.717) is 21.3 Å². The van der Waals surface area contributed by atoms with Crippen molar-refractivity contribution in [1.82, 2.24) is 4.90 Å². The van der Waals surface area contributed by atoms with Crippen LogP contribution in [0.1, 0.15) is 21.5 Å². The molecule has 1 aliphatic heterocycles. The first kappa shape index (κ1) is 25.4. The maximum absolute atomic E-state index is 12.9. The molecule has 0 radical (unpaired) electrons. The normalized spacial score (nSPS) is 14.3. The van der Waals surface area contributed by atoms with E-state index in [1.165, 1.54) is 18.2 Å². The molecule has 1 fully saturated rings. The number of carbonyl (C=O) groups excluding carboxylic acids is 3. The molecule has 1 heterocycles. The predicted molar refractivity (Wildman–Crippen MR) is 148 cm³/mol. The Bertz CT molecular complexity index is 1660. The minimum absolute atomic E-state index is 0.159. The lowest BCUT2D eigenvalue weighted by Crippen LogP contribution is -2.27. The number of carbonyl (C=O) groups is 3. The van der Waals surface area contributed by atoms with Crippen molar-refractivity contribution in [3.63, 3.8) is 0 Å². The number of ether oxygens (including phenoxy) is 1. The zero-order valence-electron chi connectivity index (χ0n) is 19.5. The van der Waals surface area contributed by atoms with Gasteiger partial charge in [0.2, 0.25) is 0 Å². The molecule has 10 heteroatoms. The Hall–Kier alpha value is -4.28. The van der Waals surface area contributed by atoms with Gasteiger partial charge in [0.25, 0.3) is 16.8 Å². The summed E-state index contributed by atoms with van der Waals surface area (Å²) in [7, 11) is 0. The summed E-state index contributed by atoms with van der Waals surface area (Å²) in [4.78, 5) is 50.3. The maximum atomic E-state index is 12.9. The Morgan fingerprint density at radius 3 is 2.53 bits per heavy atom. The number of hydrogen-bond acceptors (Lipinski definition) is 7. The molecule has 1 saturated heterocycles. The van der Waals surface area contributed by atoms with Crippen LogP contribution >= 0.6 is 27.7 Å². The number of rotatable bonds is 6. The van der Waals surface area contributed by atoms with Crippen LogP contribution in [0, 0.1) is 10.1 Å². The number of esters is 1. The van der Waals surface area contributed by atoms with Gasteiger partial charge in [0.05, 0.1) is 26.4 Å². The number of imide groups is 1. The first-order chi connectivity index (χ1) is 18.3. The first-order valence-electron chi connectivity index (χ1n) is 11.3. The third kappa shape index (κ3) is 5.09. The van der Waals surface area contributed by atoms with Crippen LogP contribution in [0.2, 0.25) is 0 Å². The van der Waals surface area contributed by atoms with E-state index in [1.807, 2.05) is 30.3 Å². The Kier molecular flexibility index (Phi) is 7.08. The topological polar surface area (TPSA) is 107 Å². The van der Waals surface area contributed by atoms with Crippen molar-refractivity contribution >= 4 is 67.3 Å². The van der Waals surface area contributed by atoms with E-state index in [9.17, 15) is 24.5 Å². The fraction of sp³-hybridized carbons (Fsp3) is 0.0357. The molecule has 5 rings (SSSR count). The van der Waals surface area contributed by atoms with Gasteiger partial charge < -0.3 is 4.74 Å². The van der Waals surface area contributed by atoms with E-state index in [-0.39, 0.29) is 22.7 Å². The summed E-state index contributed by atoms with van der Waals surface area (Å²) in [6.45, 7) is -0.202. The number of fused-ring (bicyclic) bond motifs is 1. The van der Waals surface area contributed by atoms with Gasteiger partial charge in [0.1, 0.15) is 5.75 Å². The standard InChI is InChI=1S/C28H17BrN2O6S/c29-22-14-17(12-13-24(22)37-27(33)21-10-5-8-18-6-1-3-9-20(18)21)15-25-26(32)30(28(34)38-25)16-19-7-2-4-11-23(19)31(35)36/h1-15H,16H2/b25-15-. The SMILES string of the molecule is O=C(Oc1ccc(/C=C2\SC(=O)N(Cc3ccccc3[N+](=O)[O-])C2=O)cc1Br)c1cccc2ccccc12. The Morgan fingerprint density at radius 1 is 1.00 bits per heavy atom. The molecule has 0 aliphatic carbocycles. The highest BCUT2D eigenvalue weighted by molar-refractivity contribution is 9.10. The zero-order chi connectivity index (χ0) is 26.8. The minimum atomic E-state index is -0.545. The van der Waals surface area contributed by atoms with Crippen LogP contribution in [0.4, 0.5) is 10.5 Å². The van der Waals surface area contributed by atoms with Gasteiger partial charge in [0.15, 0.2) is 0 Å². The summed E-state index contributed by atoms with van der Waals surface area (Å²) in [6.07, 6.45) is 1.55. The zero-order valence-corrected chi connectivity index (χ0v) is 21.9. The molecule has 0 saturated carbocycles. The highest BCUT2D eigenvalue weighted by Gasteiger charge is 2.36. The van der Waals surface area contributed by atoms with Crippen LogP contribution in [0.5, 0.6) is 5.75 Å². The highest BCUT2D eigenvalue weighted by atomic mass is 79.9. The van der Waals surface area contributed by atoms with Crippen molar-refractivity contribution in [2.75, 3.05) is 0 Å². The predicted octanol–water partition coefficient (Wildman–Crippen LogP) is 6.97. The second kappa shape index (κ2) is 10.6. The molecule has 0 unspecified atom stereocenters. The van der Waals surface area contributed by atoms with Crippen LogP contribution in [-0.2, 0) is 11.3 Å². The van der Waals surface area contributed by atoms with Crippen LogP contribution in [0.3, 0.4) is 0 Å². The van der Waals surface area contributed by atoms with Gasteiger partial charge in [-0.15, -0.1) is 0 Å². The monoisotopic (exact) mass is 588 g/mol. The van der Waals surface area contributed by atoms with E-state index in [4.69, 9.17) is 4.74 Å².